The molecule has 2 N–H and O–H groups in total. The average Bonchev–Trinajstić information content (AvgIpc) is 2.71. The molecule has 1 saturated heterocycles. The van der Waals surface area contributed by atoms with Crippen LogP contribution in [0.3, 0.4) is 0 Å². The van der Waals surface area contributed by atoms with Crippen molar-refractivity contribution >= 4 is 11.8 Å². The number of methoxy groups -OCH3 is 1. The van der Waals surface area contributed by atoms with Gasteiger partial charge in [0.1, 0.15) is 5.75 Å². The van der Waals surface area contributed by atoms with E-state index in [1.54, 1.807) is 7.11 Å². The van der Waals surface area contributed by atoms with Crippen molar-refractivity contribution in [1.29, 1.82) is 0 Å². The van der Waals surface area contributed by atoms with Crippen LogP contribution in [-0.4, -0.2) is 49.0 Å². The molecule has 0 spiro atoms. The van der Waals surface area contributed by atoms with Crippen molar-refractivity contribution in [3.63, 3.8) is 0 Å². The van der Waals surface area contributed by atoms with E-state index < -0.39 is 0 Å². The summed E-state index contributed by atoms with van der Waals surface area (Å²) in [7, 11) is 1.63. The highest BCUT2D eigenvalue weighted by atomic mass is 16.5. The fourth-order valence-corrected chi connectivity index (χ4v) is 3.72. The molecule has 1 heterocycles. The summed E-state index contributed by atoms with van der Waals surface area (Å²) in [6.45, 7) is 8.04. The molecule has 1 aromatic rings. The van der Waals surface area contributed by atoms with E-state index in [0.717, 1.165) is 43.5 Å². The largest absolute Gasteiger partial charge is 0.497 e. The standard InChI is InChI=1S/C22H35N3O3/c1-5-8-16(2)24-22(27)19-10-7-12-25(15-19)17(3)21(26)23-14-18-9-6-11-20(13-18)28-4/h6,9,11,13,16-17,19H,5,7-8,10,12,14-15H2,1-4H3,(H,23,26)(H,24,27). The first-order valence-electron chi connectivity index (χ1n) is 10.4. The van der Waals surface area contributed by atoms with E-state index in [1.807, 2.05) is 31.2 Å². The molecular weight excluding hydrogens is 354 g/mol. The molecule has 0 saturated carbocycles. The third-order valence-electron chi connectivity index (χ3n) is 5.46. The monoisotopic (exact) mass is 389 g/mol. The first-order valence-corrected chi connectivity index (χ1v) is 10.4. The Morgan fingerprint density at radius 1 is 1.32 bits per heavy atom. The van der Waals surface area contributed by atoms with Crippen LogP contribution in [-0.2, 0) is 16.1 Å². The van der Waals surface area contributed by atoms with Crippen molar-refractivity contribution in [3.05, 3.63) is 29.8 Å². The number of nitrogens with zero attached hydrogens (tertiary/aromatic N) is 1. The Morgan fingerprint density at radius 3 is 2.82 bits per heavy atom. The lowest BCUT2D eigenvalue weighted by Gasteiger charge is -2.35. The van der Waals surface area contributed by atoms with Gasteiger partial charge in [-0.3, -0.25) is 14.5 Å². The molecule has 6 heteroatoms. The number of piperidine rings is 1. The number of hydrogen-bond acceptors (Lipinski definition) is 4. The predicted molar refractivity (Wildman–Crippen MR) is 111 cm³/mol. The Bertz CT molecular complexity index is 650. The van der Waals surface area contributed by atoms with Crippen LogP contribution in [0.1, 0.15) is 52.0 Å². The van der Waals surface area contributed by atoms with Crippen molar-refractivity contribution in [3.8, 4) is 5.75 Å². The van der Waals surface area contributed by atoms with Gasteiger partial charge in [-0.1, -0.05) is 25.5 Å². The quantitative estimate of drug-likeness (QED) is 0.681. The number of benzene rings is 1. The third kappa shape index (κ3) is 6.51. The van der Waals surface area contributed by atoms with Gasteiger partial charge in [-0.2, -0.15) is 0 Å². The molecule has 0 radical (unpaired) electrons. The molecule has 2 rings (SSSR count). The van der Waals surface area contributed by atoms with E-state index in [2.05, 4.69) is 29.4 Å². The first-order chi connectivity index (χ1) is 13.4. The fraction of sp³-hybridized carbons (Fsp3) is 0.636. The summed E-state index contributed by atoms with van der Waals surface area (Å²) in [5.74, 6) is 0.849. The number of nitrogens with one attached hydrogen (secondary N) is 2. The normalized spacial score (nSPS) is 19.5. The smallest absolute Gasteiger partial charge is 0.237 e. The summed E-state index contributed by atoms with van der Waals surface area (Å²) in [5, 5.41) is 6.12. The topological polar surface area (TPSA) is 70.7 Å². The number of rotatable bonds is 9. The zero-order chi connectivity index (χ0) is 20.5. The number of carbonyl (C=O) groups is 2. The molecule has 1 aromatic carbocycles. The van der Waals surface area contributed by atoms with Gasteiger partial charge < -0.3 is 15.4 Å². The minimum atomic E-state index is -0.255. The van der Waals surface area contributed by atoms with Crippen LogP contribution in [0, 0.1) is 5.92 Å². The van der Waals surface area contributed by atoms with E-state index in [0.29, 0.717) is 13.1 Å². The van der Waals surface area contributed by atoms with Crippen molar-refractivity contribution in [2.75, 3.05) is 20.2 Å². The van der Waals surface area contributed by atoms with Gasteiger partial charge in [0, 0.05) is 19.1 Å². The van der Waals surface area contributed by atoms with Gasteiger partial charge in [0.05, 0.1) is 19.1 Å². The predicted octanol–water partition coefficient (Wildman–Crippen LogP) is 2.72. The SMILES string of the molecule is CCCC(C)NC(=O)C1CCCN(C(C)C(=O)NCc2cccc(OC)c2)C1. The number of carbonyl (C=O) groups excluding carboxylic acids is 2. The minimum Gasteiger partial charge on any atom is -0.497 e. The van der Waals surface area contributed by atoms with Crippen molar-refractivity contribution < 1.29 is 14.3 Å². The Hall–Kier alpha value is -2.08. The van der Waals surface area contributed by atoms with Crippen molar-refractivity contribution in [2.45, 2.75) is 65.1 Å². The van der Waals surface area contributed by atoms with Crippen LogP contribution in [0.2, 0.25) is 0 Å². The van der Waals surface area contributed by atoms with Gasteiger partial charge in [-0.15, -0.1) is 0 Å². The van der Waals surface area contributed by atoms with E-state index in [9.17, 15) is 9.59 Å². The zero-order valence-corrected chi connectivity index (χ0v) is 17.7. The first kappa shape index (κ1) is 22.2. The lowest BCUT2D eigenvalue weighted by Crippen LogP contribution is -2.52. The molecule has 28 heavy (non-hydrogen) atoms. The van der Waals surface area contributed by atoms with Crippen LogP contribution in [0.25, 0.3) is 0 Å². The molecule has 3 atom stereocenters. The maximum absolute atomic E-state index is 12.6. The van der Waals surface area contributed by atoms with Gasteiger partial charge in [0.25, 0.3) is 0 Å². The van der Waals surface area contributed by atoms with E-state index in [1.165, 1.54) is 0 Å². The van der Waals surface area contributed by atoms with Crippen molar-refractivity contribution in [2.24, 2.45) is 5.92 Å². The maximum Gasteiger partial charge on any atom is 0.237 e. The molecule has 0 aliphatic carbocycles. The molecule has 1 aliphatic rings. The Labute approximate surface area is 169 Å². The van der Waals surface area contributed by atoms with E-state index >= 15 is 0 Å². The molecule has 1 aliphatic heterocycles. The van der Waals surface area contributed by atoms with Crippen LogP contribution in [0.5, 0.6) is 5.75 Å². The molecule has 0 aromatic heterocycles. The average molecular weight is 390 g/mol. The lowest BCUT2D eigenvalue weighted by atomic mass is 9.95. The van der Waals surface area contributed by atoms with E-state index in [4.69, 9.17) is 4.74 Å². The summed E-state index contributed by atoms with van der Waals surface area (Å²) in [5.41, 5.74) is 1.00. The number of ether oxygens (including phenoxy) is 1. The second-order valence-electron chi connectivity index (χ2n) is 7.78. The number of amides is 2. The summed E-state index contributed by atoms with van der Waals surface area (Å²) in [4.78, 5) is 27.3. The molecule has 156 valence electrons. The van der Waals surface area contributed by atoms with Gasteiger partial charge in [-0.25, -0.2) is 0 Å². The molecule has 3 unspecified atom stereocenters. The van der Waals surface area contributed by atoms with Gasteiger partial charge in [-0.05, 0) is 57.4 Å². The highest BCUT2D eigenvalue weighted by Crippen LogP contribution is 2.19. The summed E-state index contributed by atoms with van der Waals surface area (Å²) >= 11 is 0. The van der Waals surface area contributed by atoms with Crippen LogP contribution < -0.4 is 15.4 Å². The highest BCUT2D eigenvalue weighted by Gasteiger charge is 2.31. The van der Waals surface area contributed by atoms with E-state index in [-0.39, 0.29) is 29.8 Å². The second kappa shape index (κ2) is 11.1. The van der Waals surface area contributed by atoms with Gasteiger partial charge in [0.2, 0.25) is 11.8 Å². The summed E-state index contributed by atoms with van der Waals surface area (Å²) in [6, 6.07) is 7.63. The van der Waals surface area contributed by atoms with Crippen LogP contribution >= 0.6 is 0 Å². The lowest BCUT2D eigenvalue weighted by molar-refractivity contribution is -0.131. The van der Waals surface area contributed by atoms with Gasteiger partial charge in [0.15, 0.2) is 0 Å². The number of likely N-dealkylation sites (tertiary alicyclic amines) is 1. The Kier molecular flexibility index (Phi) is 8.77. The number of hydrogen-bond donors (Lipinski definition) is 2. The van der Waals surface area contributed by atoms with Crippen LogP contribution in [0.15, 0.2) is 24.3 Å². The fourth-order valence-electron chi connectivity index (χ4n) is 3.72. The van der Waals surface area contributed by atoms with Crippen molar-refractivity contribution in [1.82, 2.24) is 15.5 Å². The molecular formula is C22H35N3O3. The minimum absolute atomic E-state index is 0.0109. The molecule has 0 bridgehead atoms. The molecule has 1 fully saturated rings. The van der Waals surface area contributed by atoms with Crippen LogP contribution in [0.4, 0.5) is 0 Å². The Morgan fingerprint density at radius 2 is 2.11 bits per heavy atom. The molecule has 6 nitrogen and oxygen atoms in total. The second-order valence-corrected chi connectivity index (χ2v) is 7.78. The maximum atomic E-state index is 12.6. The highest BCUT2D eigenvalue weighted by molar-refractivity contribution is 5.82. The summed E-state index contributed by atoms with van der Waals surface area (Å²) < 4.78 is 5.22. The molecule has 2 amide bonds. The summed E-state index contributed by atoms with van der Waals surface area (Å²) in [6.07, 6.45) is 3.88. The third-order valence-corrected chi connectivity index (χ3v) is 5.46. The Balaban J connectivity index is 1.85. The van der Waals surface area contributed by atoms with Gasteiger partial charge >= 0.3 is 0 Å². The zero-order valence-electron chi connectivity index (χ0n) is 17.7.